The number of carboxylic acid groups (broad SMARTS) is 1. The predicted octanol–water partition coefficient (Wildman–Crippen LogP) is 2.27. The monoisotopic (exact) mass is 340 g/mol. The minimum Gasteiger partial charge on any atom is -0.480 e. The third-order valence-corrected chi connectivity index (χ3v) is 5.00. The minimum atomic E-state index is -1.19. The van der Waals surface area contributed by atoms with E-state index in [9.17, 15) is 14.7 Å². The molecule has 0 saturated heterocycles. The molecule has 2 N–H and O–H groups in total. The van der Waals surface area contributed by atoms with Crippen LogP contribution in [-0.4, -0.2) is 37.3 Å². The summed E-state index contributed by atoms with van der Waals surface area (Å²) in [7, 11) is 0. The molecule has 1 aromatic carbocycles. The summed E-state index contributed by atoms with van der Waals surface area (Å²) in [6, 6.07) is 9.56. The van der Waals surface area contributed by atoms with E-state index in [1.165, 1.54) is 0 Å². The first-order chi connectivity index (χ1) is 12.1. The number of aromatic nitrogens is 3. The average Bonchev–Trinajstić information content (AvgIpc) is 3.18. The molecule has 0 unspecified atom stereocenters. The van der Waals surface area contributed by atoms with Gasteiger partial charge in [0.2, 0.25) is 5.82 Å². The highest BCUT2D eigenvalue weighted by atomic mass is 16.4. The van der Waals surface area contributed by atoms with E-state index in [0.29, 0.717) is 18.8 Å². The van der Waals surface area contributed by atoms with Gasteiger partial charge in [-0.15, -0.1) is 5.10 Å². The lowest BCUT2D eigenvalue weighted by atomic mass is 9.98. The van der Waals surface area contributed by atoms with Gasteiger partial charge in [0, 0.05) is 5.92 Å². The van der Waals surface area contributed by atoms with Gasteiger partial charge < -0.3 is 10.4 Å². The van der Waals surface area contributed by atoms with E-state index in [-0.39, 0.29) is 5.82 Å². The van der Waals surface area contributed by atoms with Crippen molar-refractivity contribution in [3.63, 3.8) is 0 Å². The first kappa shape index (κ1) is 15.8. The van der Waals surface area contributed by atoms with Gasteiger partial charge in [-0.05, 0) is 37.8 Å². The van der Waals surface area contributed by atoms with Crippen LogP contribution in [0.3, 0.4) is 0 Å². The molecule has 2 fully saturated rings. The number of hydrogen-bond donors (Lipinski definition) is 2. The van der Waals surface area contributed by atoms with E-state index >= 15 is 0 Å². The van der Waals surface area contributed by atoms with Gasteiger partial charge in [-0.2, -0.15) is 0 Å². The second kappa shape index (κ2) is 5.98. The summed E-state index contributed by atoms with van der Waals surface area (Å²) >= 11 is 0. The van der Waals surface area contributed by atoms with Gasteiger partial charge in [0.25, 0.3) is 5.91 Å². The predicted molar refractivity (Wildman–Crippen MR) is 89.6 cm³/mol. The Balaban J connectivity index is 1.64. The lowest BCUT2D eigenvalue weighted by Crippen LogP contribution is -2.52. The van der Waals surface area contributed by atoms with Crippen molar-refractivity contribution >= 4 is 11.9 Å². The number of nitrogens with zero attached hydrogens (tertiary/aromatic N) is 3. The molecule has 1 heterocycles. The Morgan fingerprint density at radius 2 is 1.84 bits per heavy atom. The van der Waals surface area contributed by atoms with Crippen molar-refractivity contribution in [3.8, 4) is 5.69 Å². The first-order valence-corrected chi connectivity index (χ1v) is 8.67. The molecule has 2 aliphatic carbocycles. The van der Waals surface area contributed by atoms with Crippen LogP contribution in [0.4, 0.5) is 0 Å². The maximum atomic E-state index is 12.6. The average molecular weight is 340 g/mol. The lowest BCUT2D eigenvalue weighted by Gasteiger charge is -2.24. The van der Waals surface area contributed by atoms with Crippen LogP contribution in [0.5, 0.6) is 0 Å². The summed E-state index contributed by atoms with van der Waals surface area (Å²) in [5, 5.41) is 16.6. The summed E-state index contributed by atoms with van der Waals surface area (Å²) in [5.41, 5.74) is -0.334. The van der Waals surface area contributed by atoms with E-state index < -0.39 is 17.4 Å². The number of para-hydroxylation sites is 1. The molecule has 4 rings (SSSR count). The van der Waals surface area contributed by atoms with E-state index in [1.807, 2.05) is 30.3 Å². The number of carbonyl (C=O) groups is 2. The van der Waals surface area contributed by atoms with Crippen molar-refractivity contribution in [2.45, 2.75) is 50.0 Å². The molecule has 25 heavy (non-hydrogen) atoms. The highest BCUT2D eigenvalue weighted by Crippen LogP contribution is 2.39. The Morgan fingerprint density at radius 1 is 1.16 bits per heavy atom. The molecule has 130 valence electrons. The lowest BCUT2D eigenvalue weighted by molar-refractivity contribution is -0.144. The van der Waals surface area contributed by atoms with E-state index in [4.69, 9.17) is 0 Å². The zero-order valence-electron chi connectivity index (χ0n) is 13.8. The highest BCUT2D eigenvalue weighted by molar-refractivity contribution is 5.95. The smallest absolute Gasteiger partial charge is 0.329 e. The number of aliphatic carboxylic acids is 1. The Bertz CT molecular complexity index is 805. The molecule has 2 saturated carbocycles. The minimum absolute atomic E-state index is 0.0401. The standard InChI is InChI=1S/C18H20N4O3/c23-16(20-18(17(24)25)10-4-5-11-18)14-19-15(12-8-9-12)22(21-14)13-6-2-1-3-7-13/h1-3,6-7,12H,4-5,8-11H2,(H,20,23)(H,24,25). The van der Waals surface area contributed by atoms with Crippen LogP contribution in [0, 0.1) is 0 Å². The maximum absolute atomic E-state index is 12.6. The van der Waals surface area contributed by atoms with E-state index in [2.05, 4.69) is 15.4 Å². The Hall–Kier alpha value is -2.70. The van der Waals surface area contributed by atoms with Crippen molar-refractivity contribution in [1.82, 2.24) is 20.1 Å². The Kier molecular flexibility index (Phi) is 3.78. The third kappa shape index (κ3) is 2.90. The SMILES string of the molecule is O=C(NC1(C(=O)O)CCCC1)c1nc(C2CC2)n(-c2ccccc2)n1. The summed E-state index contributed by atoms with van der Waals surface area (Å²) in [5.74, 6) is -0.372. The summed E-state index contributed by atoms with van der Waals surface area (Å²) < 4.78 is 1.70. The van der Waals surface area contributed by atoms with Crippen molar-refractivity contribution in [1.29, 1.82) is 0 Å². The molecule has 1 aromatic heterocycles. The summed E-state index contributed by atoms with van der Waals surface area (Å²) in [6.07, 6.45) is 4.56. The molecule has 1 amide bonds. The molecule has 0 spiro atoms. The fraction of sp³-hybridized carbons (Fsp3) is 0.444. The fourth-order valence-electron chi connectivity index (χ4n) is 3.43. The summed E-state index contributed by atoms with van der Waals surface area (Å²) in [4.78, 5) is 28.7. The molecule has 7 nitrogen and oxygen atoms in total. The van der Waals surface area contributed by atoms with Crippen LogP contribution in [0.2, 0.25) is 0 Å². The van der Waals surface area contributed by atoms with Crippen LogP contribution in [-0.2, 0) is 4.79 Å². The topological polar surface area (TPSA) is 97.1 Å². The Morgan fingerprint density at radius 3 is 2.44 bits per heavy atom. The zero-order valence-corrected chi connectivity index (χ0v) is 13.8. The van der Waals surface area contributed by atoms with Crippen molar-refractivity contribution in [2.24, 2.45) is 0 Å². The normalized spacial score (nSPS) is 18.9. The molecule has 0 aliphatic heterocycles. The third-order valence-electron chi connectivity index (χ3n) is 5.00. The summed E-state index contributed by atoms with van der Waals surface area (Å²) in [6.45, 7) is 0. The van der Waals surface area contributed by atoms with Gasteiger partial charge >= 0.3 is 5.97 Å². The van der Waals surface area contributed by atoms with Crippen molar-refractivity contribution < 1.29 is 14.7 Å². The van der Waals surface area contributed by atoms with Gasteiger partial charge in [-0.25, -0.2) is 14.5 Å². The van der Waals surface area contributed by atoms with Crippen LogP contribution >= 0.6 is 0 Å². The van der Waals surface area contributed by atoms with Gasteiger partial charge in [0.1, 0.15) is 11.4 Å². The number of rotatable bonds is 5. The molecule has 7 heteroatoms. The number of nitrogens with one attached hydrogen (secondary N) is 1. The second-order valence-electron chi connectivity index (χ2n) is 6.86. The largest absolute Gasteiger partial charge is 0.480 e. The molecular formula is C18H20N4O3. The maximum Gasteiger partial charge on any atom is 0.329 e. The number of hydrogen-bond acceptors (Lipinski definition) is 4. The number of carboxylic acids is 1. The van der Waals surface area contributed by atoms with Crippen LogP contribution in [0.25, 0.3) is 5.69 Å². The van der Waals surface area contributed by atoms with Gasteiger partial charge in [-0.3, -0.25) is 4.79 Å². The van der Waals surface area contributed by atoms with E-state index in [0.717, 1.165) is 37.2 Å². The molecule has 0 radical (unpaired) electrons. The van der Waals surface area contributed by atoms with Gasteiger partial charge in [-0.1, -0.05) is 31.0 Å². The second-order valence-corrected chi connectivity index (χ2v) is 6.86. The number of carbonyl (C=O) groups excluding carboxylic acids is 1. The quantitative estimate of drug-likeness (QED) is 0.870. The van der Waals surface area contributed by atoms with Gasteiger partial charge in [0.05, 0.1) is 5.69 Å². The van der Waals surface area contributed by atoms with Gasteiger partial charge in [0.15, 0.2) is 0 Å². The van der Waals surface area contributed by atoms with Crippen LogP contribution in [0.15, 0.2) is 30.3 Å². The first-order valence-electron chi connectivity index (χ1n) is 8.67. The Labute approximate surface area is 145 Å². The van der Waals surface area contributed by atoms with Crippen LogP contribution < -0.4 is 5.32 Å². The van der Waals surface area contributed by atoms with Crippen molar-refractivity contribution in [3.05, 3.63) is 42.0 Å². The zero-order chi connectivity index (χ0) is 17.4. The molecular weight excluding hydrogens is 320 g/mol. The number of benzene rings is 1. The molecule has 2 aliphatic rings. The fourth-order valence-corrected chi connectivity index (χ4v) is 3.43. The molecule has 2 aromatic rings. The highest BCUT2D eigenvalue weighted by Gasteiger charge is 2.43. The molecule has 0 bridgehead atoms. The van der Waals surface area contributed by atoms with E-state index in [1.54, 1.807) is 4.68 Å². The van der Waals surface area contributed by atoms with Crippen molar-refractivity contribution in [2.75, 3.05) is 0 Å². The van der Waals surface area contributed by atoms with Crippen LogP contribution in [0.1, 0.15) is 60.9 Å². The molecule has 0 atom stereocenters. The number of amides is 1.